The molecule has 0 bridgehead atoms. The van der Waals surface area contributed by atoms with Gasteiger partial charge < -0.3 is 14.4 Å². The van der Waals surface area contributed by atoms with Crippen LogP contribution in [0.2, 0.25) is 0 Å². The van der Waals surface area contributed by atoms with E-state index in [4.69, 9.17) is 14.5 Å². The largest absolute Gasteiger partial charge is 0.493 e. The summed E-state index contributed by atoms with van der Waals surface area (Å²) in [6.45, 7) is 3.82. The van der Waals surface area contributed by atoms with E-state index in [1.807, 2.05) is 62.5 Å². The molecule has 0 radical (unpaired) electrons. The van der Waals surface area contributed by atoms with Crippen LogP contribution in [-0.4, -0.2) is 53.1 Å². The minimum atomic E-state index is -0.297. The summed E-state index contributed by atoms with van der Waals surface area (Å²) in [5.41, 5.74) is 2.38. The van der Waals surface area contributed by atoms with Crippen LogP contribution in [0.5, 0.6) is 11.5 Å². The van der Waals surface area contributed by atoms with E-state index in [9.17, 15) is 9.59 Å². The summed E-state index contributed by atoms with van der Waals surface area (Å²) in [6, 6.07) is 15.2. The zero-order valence-corrected chi connectivity index (χ0v) is 19.9. The fourth-order valence-corrected chi connectivity index (χ4v) is 3.79. The predicted molar refractivity (Wildman–Crippen MR) is 130 cm³/mol. The molecule has 1 aliphatic carbocycles. The second-order valence-corrected chi connectivity index (χ2v) is 8.61. The molecule has 1 fully saturated rings. The van der Waals surface area contributed by atoms with Gasteiger partial charge in [0.2, 0.25) is 17.8 Å². The molecule has 4 rings (SSSR count). The lowest BCUT2D eigenvalue weighted by Crippen LogP contribution is -2.43. The molecule has 8 heteroatoms. The van der Waals surface area contributed by atoms with Crippen LogP contribution in [0.25, 0.3) is 16.9 Å². The topological polar surface area (TPSA) is 85.7 Å². The molecule has 3 aromatic rings. The summed E-state index contributed by atoms with van der Waals surface area (Å²) >= 11 is 0. The first-order valence-electron chi connectivity index (χ1n) is 11.4. The van der Waals surface area contributed by atoms with Gasteiger partial charge in [0, 0.05) is 29.8 Å². The Morgan fingerprint density at radius 3 is 2.41 bits per heavy atom. The highest BCUT2D eigenvalue weighted by molar-refractivity contribution is 5.94. The number of imidazole rings is 1. The van der Waals surface area contributed by atoms with Gasteiger partial charge in [0.1, 0.15) is 6.54 Å². The van der Waals surface area contributed by atoms with E-state index in [1.54, 1.807) is 29.8 Å². The quantitative estimate of drug-likeness (QED) is 0.517. The molecule has 0 unspecified atom stereocenters. The maximum atomic E-state index is 13.0. The zero-order valence-electron chi connectivity index (χ0n) is 19.9. The van der Waals surface area contributed by atoms with Crippen molar-refractivity contribution in [2.24, 2.45) is 5.92 Å². The van der Waals surface area contributed by atoms with Crippen molar-refractivity contribution in [2.75, 3.05) is 26.1 Å². The van der Waals surface area contributed by atoms with Crippen molar-refractivity contribution in [3.8, 4) is 28.4 Å². The van der Waals surface area contributed by atoms with Gasteiger partial charge in [0.15, 0.2) is 11.5 Å². The Morgan fingerprint density at radius 1 is 1.09 bits per heavy atom. The van der Waals surface area contributed by atoms with Gasteiger partial charge in [-0.2, -0.15) is 0 Å². The van der Waals surface area contributed by atoms with Crippen LogP contribution in [0.3, 0.4) is 0 Å². The van der Waals surface area contributed by atoms with E-state index in [1.165, 1.54) is 0 Å². The average Bonchev–Trinajstić information content (AvgIpc) is 3.62. The third-order valence-electron chi connectivity index (χ3n) is 5.82. The minimum Gasteiger partial charge on any atom is -0.493 e. The molecule has 1 heterocycles. The fourth-order valence-electron chi connectivity index (χ4n) is 3.79. The predicted octanol–water partition coefficient (Wildman–Crippen LogP) is 4.14. The van der Waals surface area contributed by atoms with E-state index in [0.29, 0.717) is 23.1 Å². The van der Waals surface area contributed by atoms with Gasteiger partial charge in [0.25, 0.3) is 0 Å². The number of hydrogen-bond acceptors (Lipinski definition) is 5. The number of carbonyl (C=O) groups is 2. The third-order valence-corrected chi connectivity index (χ3v) is 5.82. The minimum absolute atomic E-state index is 0.0214. The number of benzene rings is 2. The summed E-state index contributed by atoms with van der Waals surface area (Å²) in [4.78, 5) is 32.0. The highest BCUT2D eigenvalue weighted by Crippen LogP contribution is 2.33. The van der Waals surface area contributed by atoms with E-state index < -0.39 is 0 Å². The van der Waals surface area contributed by atoms with Crippen LogP contribution in [0.1, 0.15) is 26.7 Å². The first-order chi connectivity index (χ1) is 16.4. The Hall–Kier alpha value is -3.81. The first kappa shape index (κ1) is 23.4. The van der Waals surface area contributed by atoms with Crippen LogP contribution >= 0.6 is 0 Å². The summed E-state index contributed by atoms with van der Waals surface area (Å²) in [6.07, 6.45) is 3.66. The lowest BCUT2D eigenvalue weighted by atomic mass is 10.2. The Kier molecular flexibility index (Phi) is 6.86. The normalized spacial score (nSPS) is 13.0. The second kappa shape index (κ2) is 9.99. The molecule has 1 aliphatic rings. The van der Waals surface area contributed by atoms with Crippen molar-refractivity contribution in [3.05, 3.63) is 54.7 Å². The smallest absolute Gasteiger partial charge is 0.246 e. The van der Waals surface area contributed by atoms with Crippen LogP contribution in [0.4, 0.5) is 5.95 Å². The summed E-state index contributed by atoms with van der Waals surface area (Å²) in [7, 11) is 3.16. The number of nitrogens with one attached hydrogen (secondary N) is 1. The van der Waals surface area contributed by atoms with E-state index in [0.717, 1.165) is 24.1 Å². The highest BCUT2D eigenvalue weighted by atomic mass is 16.5. The Morgan fingerprint density at radius 2 is 1.79 bits per heavy atom. The van der Waals surface area contributed by atoms with Crippen molar-refractivity contribution in [3.63, 3.8) is 0 Å². The van der Waals surface area contributed by atoms with Crippen LogP contribution < -0.4 is 14.8 Å². The number of ether oxygens (including phenoxy) is 2. The number of rotatable bonds is 9. The van der Waals surface area contributed by atoms with E-state index >= 15 is 0 Å². The SMILES string of the molecule is COc1ccc(-n2cc(-c3ccccc3)nc2NC(=O)CN(C(=O)C2CC2)C(C)C)cc1OC. The molecule has 2 aromatic carbocycles. The lowest BCUT2D eigenvalue weighted by molar-refractivity contribution is -0.137. The molecule has 0 atom stereocenters. The number of methoxy groups -OCH3 is 2. The van der Waals surface area contributed by atoms with E-state index in [-0.39, 0.29) is 30.3 Å². The van der Waals surface area contributed by atoms with Crippen LogP contribution in [0, 0.1) is 5.92 Å². The molecule has 0 aliphatic heterocycles. The lowest BCUT2D eigenvalue weighted by Gasteiger charge is -2.26. The van der Waals surface area contributed by atoms with Gasteiger partial charge >= 0.3 is 0 Å². The molecule has 1 aromatic heterocycles. The maximum absolute atomic E-state index is 13.0. The molecule has 1 N–H and O–H groups in total. The maximum Gasteiger partial charge on any atom is 0.246 e. The highest BCUT2D eigenvalue weighted by Gasteiger charge is 2.35. The monoisotopic (exact) mass is 462 g/mol. The van der Waals surface area contributed by atoms with Gasteiger partial charge in [-0.1, -0.05) is 30.3 Å². The summed E-state index contributed by atoms with van der Waals surface area (Å²) in [5, 5.41) is 2.91. The van der Waals surface area contributed by atoms with Gasteiger partial charge in [-0.15, -0.1) is 0 Å². The Labute approximate surface area is 199 Å². The average molecular weight is 463 g/mol. The third kappa shape index (κ3) is 5.06. The van der Waals surface area contributed by atoms with Crippen molar-refractivity contribution in [1.82, 2.24) is 14.5 Å². The molecular formula is C26H30N4O4. The summed E-state index contributed by atoms with van der Waals surface area (Å²) < 4.78 is 12.6. The van der Waals surface area contributed by atoms with Crippen molar-refractivity contribution in [2.45, 2.75) is 32.7 Å². The molecule has 0 saturated heterocycles. The molecular weight excluding hydrogens is 432 g/mol. The second-order valence-electron chi connectivity index (χ2n) is 8.61. The van der Waals surface area contributed by atoms with Gasteiger partial charge in [0.05, 0.1) is 25.6 Å². The van der Waals surface area contributed by atoms with Gasteiger partial charge in [-0.05, 0) is 38.8 Å². The van der Waals surface area contributed by atoms with Crippen molar-refractivity contribution >= 4 is 17.8 Å². The number of carbonyl (C=O) groups excluding carboxylic acids is 2. The standard InChI is InChI=1S/C26H30N4O4/c1-17(2)29(25(32)19-10-11-19)16-24(31)28-26-27-21(18-8-6-5-7-9-18)15-30(26)20-12-13-22(33-3)23(14-20)34-4/h5-9,12-15,17,19H,10-11,16H2,1-4H3,(H,27,28,31). The Balaban J connectivity index is 1.66. The number of nitrogens with zero attached hydrogens (tertiary/aromatic N) is 3. The molecule has 1 saturated carbocycles. The number of aromatic nitrogens is 2. The molecule has 0 spiro atoms. The van der Waals surface area contributed by atoms with Crippen molar-refractivity contribution < 1.29 is 19.1 Å². The number of hydrogen-bond donors (Lipinski definition) is 1. The number of anilines is 1. The van der Waals surface area contributed by atoms with Crippen molar-refractivity contribution in [1.29, 1.82) is 0 Å². The van der Waals surface area contributed by atoms with Crippen LogP contribution in [0.15, 0.2) is 54.7 Å². The molecule has 34 heavy (non-hydrogen) atoms. The molecule has 8 nitrogen and oxygen atoms in total. The van der Waals surface area contributed by atoms with Gasteiger partial charge in [-0.25, -0.2) is 4.98 Å². The van der Waals surface area contributed by atoms with E-state index in [2.05, 4.69) is 5.32 Å². The summed E-state index contributed by atoms with van der Waals surface area (Å²) in [5.74, 6) is 1.32. The number of amides is 2. The van der Waals surface area contributed by atoms with Crippen LogP contribution in [-0.2, 0) is 9.59 Å². The van der Waals surface area contributed by atoms with Gasteiger partial charge in [-0.3, -0.25) is 19.5 Å². The molecule has 178 valence electrons. The fraction of sp³-hybridized carbons (Fsp3) is 0.346. The zero-order chi connectivity index (χ0) is 24.2. The molecule has 2 amide bonds. The first-order valence-corrected chi connectivity index (χ1v) is 11.4. The Bertz CT molecular complexity index is 1170.